The monoisotopic (exact) mass is 446 g/mol. The number of carbonyl (C=O) groups is 2. The average Bonchev–Trinajstić information content (AvgIpc) is 3.21. The number of rotatable bonds is 7. The Kier molecular flexibility index (Phi) is 6.54. The van der Waals surface area contributed by atoms with E-state index in [4.69, 9.17) is 4.74 Å². The van der Waals surface area contributed by atoms with Gasteiger partial charge in [0.15, 0.2) is 0 Å². The van der Waals surface area contributed by atoms with Gasteiger partial charge in [-0.15, -0.1) is 0 Å². The van der Waals surface area contributed by atoms with E-state index in [1.165, 1.54) is 6.07 Å². The van der Waals surface area contributed by atoms with Crippen molar-refractivity contribution in [1.29, 1.82) is 0 Å². The molecule has 3 N–H and O–H groups in total. The van der Waals surface area contributed by atoms with Crippen LogP contribution < -0.4 is 20.9 Å². The maximum Gasteiger partial charge on any atom is 0.286 e. The summed E-state index contributed by atoms with van der Waals surface area (Å²) in [6.45, 7) is 0.102. The molecule has 0 atom stereocenters. The molecule has 0 saturated carbocycles. The van der Waals surface area contributed by atoms with Crippen LogP contribution in [0.15, 0.2) is 78.9 Å². The smallest absolute Gasteiger partial charge is 0.286 e. The standard InChI is InChI=1S/C25H23FN4O3/c1-33-23-13-7-5-11-20(23)27-15-24(31)28-29-25(32)22-14-17-8-3-6-12-21(17)30(22)16-18-9-2-4-10-19(18)26/h2-14,27H,15-16H2,1H3,(H,28,31)(H,29,32). The molecule has 4 rings (SSSR count). The van der Waals surface area contributed by atoms with Crippen LogP contribution in [0.4, 0.5) is 10.1 Å². The van der Waals surface area contributed by atoms with Gasteiger partial charge in [-0.2, -0.15) is 0 Å². The van der Waals surface area contributed by atoms with Crippen molar-refractivity contribution in [3.05, 3.63) is 95.9 Å². The van der Waals surface area contributed by atoms with Crippen LogP contribution in [0.5, 0.6) is 5.75 Å². The van der Waals surface area contributed by atoms with Crippen molar-refractivity contribution in [2.75, 3.05) is 19.0 Å². The van der Waals surface area contributed by atoms with Gasteiger partial charge in [-0.1, -0.05) is 48.5 Å². The number of hydrazine groups is 1. The van der Waals surface area contributed by atoms with Crippen LogP contribution >= 0.6 is 0 Å². The maximum atomic E-state index is 14.3. The SMILES string of the molecule is COc1ccccc1NCC(=O)NNC(=O)c1cc2ccccc2n1Cc1ccccc1F. The molecule has 0 aliphatic carbocycles. The first-order chi connectivity index (χ1) is 16.1. The zero-order valence-corrected chi connectivity index (χ0v) is 18.0. The van der Waals surface area contributed by atoms with Crippen LogP contribution in [0.2, 0.25) is 0 Å². The second kappa shape index (κ2) is 9.86. The largest absolute Gasteiger partial charge is 0.495 e. The molecule has 2 amide bonds. The number of anilines is 1. The molecule has 4 aromatic rings. The molecule has 0 spiro atoms. The average molecular weight is 446 g/mol. The fourth-order valence-electron chi connectivity index (χ4n) is 3.57. The lowest BCUT2D eigenvalue weighted by Gasteiger charge is -2.13. The van der Waals surface area contributed by atoms with Gasteiger partial charge < -0.3 is 14.6 Å². The number of benzene rings is 3. The number of ether oxygens (including phenoxy) is 1. The van der Waals surface area contributed by atoms with E-state index in [1.807, 2.05) is 36.4 Å². The molecule has 3 aromatic carbocycles. The Balaban J connectivity index is 1.46. The third kappa shape index (κ3) is 4.95. The summed E-state index contributed by atoms with van der Waals surface area (Å²) in [5.74, 6) is -0.691. The van der Waals surface area contributed by atoms with Crippen LogP contribution in [0, 0.1) is 5.82 Å². The normalized spacial score (nSPS) is 10.6. The Hall–Kier alpha value is -4.33. The van der Waals surface area contributed by atoms with E-state index in [-0.39, 0.29) is 18.9 Å². The maximum absolute atomic E-state index is 14.3. The second-order valence-corrected chi connectivity index (χ2v) is 7.32. The number of amides is 2. The lowest BCUT2D eigenvalue weighted by molar-refractivity contribution is -0.120. The molecule has 0 bridgehead atoms. The minimum Gasteiger partial charge on any atom is -0.495 e. The van der Waals surface area contributed by atoms with Crippen molar-refractivity contribution in [1.82, 2.24) is 15.4 Å². The first-order valence-electron chi connectivity index (χ1n) is 10.3. The molecule has 1 heterocycles. The molecule has 0 aliphatic heterocycles. The molecule has 0 aliphatic rings. The van der Waals surface area contributed by atoms with Crippen LogP contribution in [-0.4, -0.2) is 30.0 Å². The molecular formula is C25H23FN4O3. The molecule has 0 fully saturated rings. The quantitative estimate of drug-likeness (QED) is 0.378. The first kappa shape index (κ1) is 21.9. The Labute approximate surface area is 190 Å². The van der Waals surface area contributed by atoms with Crippen molar-refractivity contribution in [2.45, 2.75) is 6.54 Å². The van der Waals surface area contributed by atoms with Crippen molar-refractivity contribution in [3.8, 4) is 5.75 Å². The Morgan fingerprint density at radius 1 is 0.939 bits per heavy atom. The van der Waals surface area contributed by atoms with E-state index in [0.29, 0.717) is 22.7 Å². The summed E-state index contributed by atoms with van der Waals surface area (Å²) in [5.41, 5.74) is 7.05. The molecule has 33 heavy (non-hydrogen) atoms. The lowest BCUT2D eigenvalue weighted by atomic mass is 10.2. The summed E-state index contributed by atoms with van der Waals surface area (Å²) in [7, 11) is 1.54. The minimum atomic E-state index is -0.506. The number of carbonyl (C=O) groups excluding carboxylic acids is 2. The Morgan fingerprint density at radius 3 is 2.48 bits per heavy atom. The van der Waals surface area contributed by atoms with Gasteiger partial charge in [-0.25, -0.2) is 4.39 Å². The third-order valence-corrected chi connectivity index (χ3v) is 5.19. The number of hydrogen-bond acceptors (Lipinski definition) is 4. The van der Waals surface area contributed by atoms with Crippen LogP contribution in [0.1, 0.15) is 16.1 Å². The van der Waals surface area contributed by atoms with Gasteiger partial charge in [-0.05, 0) is 30.3 Å². The van der Waals surface area contributed by atoms with Crippen LogP contribution in [0.25, 0.3) is 10.9 Å². The van der Waals surface area contributed by atoms with Gasteiger partial charge >= 0.3 is 0 Å². The van der Waals surface area contributed by atoms with Crippen molar-refractivity contribution in [3.63, 3.8) is 0 Å². The molecule has 168 valence electrons. The number of nitrogens with one attached hydrogen (secondary N) is 3. The van der Waals surface area contributed by atoms with Gasteiger partial charge in [0.05, 0.1) is 25.9 Å². The highest BCUT2D eigenvalue weighted by Crippen LogP contribution is 2.23. The Bertz CT molecular complexity index is 1300. The highest BCUT2D eigenvalue weighted by atomic mass is 19.1. The highest BCUT2D eigenvalue weighted by Gasteiger charge is 2.17. The molecule has 7 nitrogen and oxygen atoms in total. The van der Waals surface area contributed by atoms with Crippen molar-refractivity contribution < 1.29 is 18.7 Å². The molecule has 8 heteroatoms. The zero-order chi connectivity index (χ0) is 23.2. The van der Waals surface area contributed by atoms with E-state index in [2.05, 4.69) is 16.2 Å². The van der Waals surface area contributed by atoms with Gasteiger partial charge in [0.1, 0.15) is 17.3 Å². The van der Waals surface area contributed by atoms with Crippen molar-refractivity contribution >= 4 is 28.4 Å². The topological polar surface area (TPSA) is 84.4 Å². The number of hydrogen-bond donors (Lipinski definition) is 3. The summed E-state index contributed by atoms with van der Waals surface area (Å²) < 4.78 is 21.2. The summed E-state index contributed by atoms with van der Waals surface area (Å²) in [6, 6.07) is 22.8. The third-order valence-electron chi connectivity index (χ3n) is 5.19. The van der Waals surface area contributed by atoms with E-state index in [1.54, 1.807) is 48.1 Å². The zero-order valence-electron chi connectivity index (χ0n) is 18.0. The highest BCUT2D eigenvalue weighted by molar-refractivity contribution is 5.99. The Morgan fingerprint density at radius 2 is 1.67 bits per heavy atom. The predicted octanol–water partition coefficient (Wildman–Crippen LogP) is 3.71. The number of aromatic nitrogens is 1. The number of para-hydroxylation sites is 3. The summed E-state index contributed by atoms with van der Waals surface area (Å²) in [4.78, 5) is 25.2. The fraction of sp³-hybridized carbons (Fsp3) is 0.120. The molecular weight excluding hydrogens is 423 g/mol. The molecule has 0 unspecified atom stereocenters. The molecule has 1 aromatic heterocycles. The fourth-order valence-corrected chi connectivity index (χ4v) is 3.57. The van der Waals surface area contributed by atoms with E-state index >= 15 is 0 Å². The number of fused-ring (bicyclic) bond motifs is 1. The van der Waals surface area contributed by atoms with Gasteiger partial charge in [0.2, 0.25) is 0 Å². The van der Waals surface area contributed by atoms with Gasteiger partial charge in [0, 0.05) is 16.5 Å². The summed E-state index contributed by atoms with van der Waals surface area (Å²) in [6.07, 6.45) is 0. The second-order valence-electron chi connectivity index (χ2n) is 7.32. The minimum absolute atomic E-state index is 0.0706. The van der Waals surface area contributed by atoms with Crippen molar-refractivity contribution in [2.24, 2.45) is 0 Å². The van der Waals surface area contributed by atoms with E-state index in [9.17, 15) is 14.0 Å². The van der Waals surface area contributed by atoms with E-state index < -0.39 is 11.8 Å². The lowest BCUT2D eigenvalue weighted by Crippen LogP contribution is -2.44. The number of nitrogens with zero attached hydrogens (tertiary/aromatic N) is 1. The summed E-state index contributed by atoms with van der Waals surface area (Å²) in [5, 5.41) is 3.80. The van der Waals surface area contributed by atoms with Crippen LogP contribution in [-0.2, 0) is 11.3 Å². The summed E-state index contributed by atoms with van der Waals surface area (Å²) >= 11 is 0. The molecule has 0 radical (unpaired) electrons. The van der Waals surface area contributed by atoms with Gasteiger partial charge in [-0.3, -0.25) is 20.4 Å². The van der Waals surface area contributed by atoms with Gasteiger partial charge in [0.25, 0.3) is 11.8 Å². The van der Waals surface area contributed by atoms with Crippen LogP contribution in [0.3, 0.4) is 0 Å². The predicted molar refractivity (Wildman–Crippen MR) is 125 cm³/mol. The molecule has 0 saturated heterocycles. The number of halogens is 1. The first-order valence-corrected chi connectivity index (χ1v) is 10.3. The number of methoxy groups -OCH3 is 1. The van der Waals surface area contributed by atoms with E-state index in [0.717, 1.165) is 10.9 Å².